The molecule has 1 fully saturated rings. The molecular formula is C36H39N3O2S. The summed E-state index contributed by atoms with van der Waals surface area (Å²) in [5.41, 5.74) is 6.71. The second kappa shape index (κ2) is 14.3. The number of nitrogens with zero attached hydrogens (tertiary/aromatic N) is 1. The molecule has 0 spiro atoms. The zero-order valence-electron chi connectivity index (χ0n) is 24.3. The van der Waals surface area contributed by atoms with Gasteiger partial charge in [0.25, 0.3) is 0 Å². The van der Waals surface area contributed by atoms with Gasteiger partial charge in [0.05, 0.1) is 0 Å². The molecule has 0 unspecified atom stereocenters. The average Bonchev–Trinajstić information content (AvgIpc) is 3.52. The summed E-state index contributed by atoms with van der Waals surface area (Å²) in [5.74, 6) is 0.370. The maximum Gasteiger partial charge on any atom is 0.243 e. The number of hydrogen-bond donors (Lipinski definition) is 2. The molecule has 0 aliphatic carbocycles. The van der Waals surface area contributed by atoms with E-state index in [9.17, 15) is 9.59 Å². The zero-order valence-corrected chi connectivity index (χ0v) is 25.1. The van der Waals surface area contributed by atoms with Gasteiger partial charge in [-0.2, -0.15) is 0 Å². The number of amides is 2. The Morgan fingerprint density at radius 2 is 1.48 bits per heavy atom. The molecule has 216 valence electrons. The van der Waals surface area contributed by atoms with Crippen molar-refractivity contribution in [3.63, 3.8) is 0 Å². The van der Waals surface area contributed by atoms with Crippen molar-refractivity contribution in [1.29, 1.82) is 0 Å². The molecule has 1 saturated heterocycles. The number of carbonyl (C=O) groups excluding carboxylic acids is 2. The molecular weight excluding hydrogens is 538 g/mol. The van der Waals surface area contributed by atoms with Crippen molar-refractivity contribution < 1.29 is 9.59 Å². The van der Waals surface area contributed by atoms with E-state index >= 15 is 0 Å². The molecule has 2 amide bonds. The maximum atomic E-state index is 14.5. The molecule has 4 aromatic carbocycles. The Balaban J connectivity index is 1.40. The number of aryl methyl sites for hydroxylation is 2. The third kappa shape index (κ3) is 7.30. The van der Waals surface area contributed by atoms with E-state index in [1.807, 2.05) is 54.6 Å². The second-order valence-corrected chi connectivity index (χ2v) is 11.8. The van der Waals surface area contributed by atoms with Gasteiger partial charge in [-0.15, -0.1) is 0 Å². The Morgan fingerprint density at radius 1 is 0.857 bits per heavy atom. The van der Waals surface area contributed by atoms with Crippen LogP contribution in [0.25, 0.3) is 0 Å². The highest BCUT2D eigenvalue weighted by Gasteiger charge is 2.40. The number of benzene rings is 4. The lowest BCUT2D eigenvalue weighted by molar-refractivity contribution is -0.140. The fraction of sp³-hybridized carbons (Fsp3) is 0.278. The first-order chi connectivity index (χ1) is 20.5. The van der Waals surface area contributed by atoms with Gasteiger partial charge in [-0.05, 0) is 54.5 Å². The van der Waals surface area contributed by atoms with Crippen LogP contribution >= 0.6 is 11.9 Å². The summed E-state index contributed by atoms with van der Waals surface area (Å²) in [6, 6.07) is 35.9. The molecule has 0 radical (unpaired) electrons. The molecule has 5 nitrogen and oxygen atoms in total. The lowest BCUT2D eigenvalue weighted by atomic mass is 9.84. The number of likely N-dealkylation sites (tertiary alicyclic amines) is 1. The van der Waals surface area contributed by atoms with Crippen molar-refractivity contribution in [3.05, 3.63) is 143 Å². The van der Waals surface area contributed by atoms with Crippen molar-refractivity contribution in [2.24, 2.45) is 0 Å². The molecule has 0 bridgehead atoms. The molecule has 1 aliphatic rings. The summed E-state index contributed by atoms with van der Waals surface area (Å²) in [6.45, 7) is 5.14. The van der Waals surface area contributed by atoms with Crippen LogP contribution in [0.4, 0.5) is 0 Å². The lowest BCUT2D eigenvalue weighted by Gasteiger charge is -2.33. The number of nitrogens with one attached hydrogen (secondary N) is 2. The SMILES string of the molecule is Cc1ccc(C)c(CNC(=O)[C@@H]2CCCN2C(=O)[C@H](NSCc2ccccc2)C(c2ccccc2)c2ccccc2)c1. The summed E-state index contributed by atoms with van der Waals surface area (Å²) in [4.78, 5) is 29.9. The maximum absolute atomic E-state index is 14.5. The van der Waals surface area contributed by atoms with Gasteiger partial charge in [-0.1, -0.05) is 127 Å². The summed E-state index contributed by atoms with van der Waals surface area (Å²) in [6.07, 6.45) is 1.47. The minimum Gasteiger partial charge on any atom is -0.350 e. The molecule has 6 heteroatoms. The van der Waals surface area contributed by atoms with Gasteiger partial charge < -0.3 is 10.2 Å². The highest BCUT2D eigenvalue weighted by atomic mass is 32.2. The van der Waals surface area contributed by atoms with Crippen molar-refractivity contribution in [3.8, 4) is 0 Å². The summed E-state index contributed by atoms with van der Waals surface area (Å²) in [7, 11) is 0. The predicted octanol–water partition coefficient (Wildman–Crippen LogP) is 6.55. The normalized spacial score (nSPS) is 15.5. The van der Waals surface area contributed by atoms with Crippen LogP contribution in [-0.4, -0.2) is 35.3 Å². The highest BCUT2D eigenvalue weighted by molar-refractivity contribution is 7.96. The Kier molecular flexibility index (Phi) is 10.1. The van der Waals surface area contributed by atoms with Crippen LogP contribution in [0.5, 0.6) is 0 Å². The van der Waals surface area contributed by atoms with E-state index in [4.69, 9.17) is 0 Å². The Morgan fingerprint density at radius 3 is 2.12 bits per heavy atom. The summed E-state index contributed by atoms with van der Waals surface area (Å²) in [5, 5.41) is 3.13. The van der Waals surface area contributed by atoms with Crippen LogP contribution < -0.4 is 10.0 Å². The number of carbonyl (C=O) groups is 2. The summed E-state index contributed by atoms with van der Waals surface area (Å²) >= 11 is 1.54. The molecule has 0 aromatic heterocycles. The molecule has 2 N–H and O–H groups in total. The Labute approximate surface area is 253 Å². The third-order valence-corrected chi connectivity index (χ3v) is 8.90. The molecule has 2 atom stereocenters. The van der Waals surface area contributed by atoms with E-state index in [1.54, 1.807) is 16.8 Å². The molecule has 0 saturated carbocycles. The van der Waals surface area contributed by atoms with E-state index in [0.29, 0.717) is 19.5 Å². The second-order valence-electron chi connectivity index (χ2n) is 11.0. The summed E-state index contributed by atoms with van der Waals surface area (Å²) < 4.78 is 3.57. The average molecular weight is 578 g/mol. The van der Waals surface area contributed by atoms with Crippen molar-refractivity contribution >= 4 is 23.8 Å². The fourth-order valence-corrected chi connectivity index (χ4v) is 6.58. The molecule has 4 aromatic rings. The Hall–Kier alpha value is -3.87. The lowest BCUT2D eigenvalue weighted by Crippen LogP contribution is -2.53. The topological polar surface area (TPSA) is 61.4 Å². The number of hydrogen-bond acceptors (Lipinski definition) is 4. The van der Waals surface area contributed by atoms with Crippen LogP contribution in [0.2, 0.25) is 0 Å². The van der Waals surface area contributed by atoms with Crippen molar-refractivity contribution in [2.45, 2.75) is 57.0 Å². The fourth-order valence-electron chi connectivity index (χ4n) is 5.72. The quantitative estimate of drug-likeness (QED) is 0.199. The van der Waals surface area contributed by atoms with E-state index in [-0.39, 0.29) is 17.7 Å². The van der Waals surface area contributed by atoms with Gasteiger partial charge in [-0.25, -0.2) is 0 Å². The smallest absolute Gasteiger partial charge is 0.243 e. The van der Waals surface area contributed by atoms with Crippen LogP contribution in [-0.2, 0) is 21.9 Å². The van der Waals surface area contributed by atoms with Gasteiger partial charge in [0.2, 0.25) is 11.8 Å². The molecule has 5 rings (SSSR count). The van der Waals surface area contributed by atoms with Gasteiger partial charge in [0.1, 0.15) is 12.1 Å². The van der Waals surface area contributed by atoms with Gasteiger partial charge in [0, 0.05) is 24.8 Å². The minimum atomic E-state index is -0.559. The first-order valence-electron chi connectivity index (χ1n) is 14.7. The minimum absolute atomic E-state index is 0.0438. The zero-order chi connectivity index (χ0) is 29.3. The van der Waals surface area contributed by atoms with Crippen LogP contribution in [0, 0.1) is 13.8 Å². The molecule has 42 heavy (non-hydrogen) atoms. The van der Waals surface area contributed by atoms with Crippen LogP contribution in [0.15, 0.2) is 109 Å². The largest absolute Gasteiger partial charge is 0.350 e. The standard InChI is InChI=1S/C36H39N3O2S/c1-26-20-21-27(2)31(23-26)24-37-35(40)32-19-12-22-39(32)36(41)34(38-42-25-28-13-6-3-7-14-28)33(29-15-8-4-9-16-29)30-17-10-5-11-18-30/h3-11,13-18,20-21,23,32-34,38H,12,19,22,24-25H2,1-2H3,(H,37,40)/t32-,34+/m0/s1. The van der Waals surface area contributed by atoms with E-state index in [1.165, 1.54) is 5.56 Å². The van der Waals surface area contributed by atoms with Crippen molar-refractivity contribution in [1.82, 2.24) is 14.9 Å². The number of rotatable bonds is 11. The predicted molar refractivity (Wildman–Crippen MR) is 172 cm³/mol. The van der Waals surface area contributed by atoms with E-state index < -0.39 is 12.1 Å². The van der Waals surface area contributed by atoms with E-state index in [0.717, 1.165) is 40.0 Å². The van der Waals surface area contributed by atoms with Gasteiger partial charge in [0.15, 0.2) is 0 Å². The Bertz CT molecular complexity index is 1420. The van der Waals surface area contributed by atoms with Crippen LogP contribution in [0.1, 0.15) is 52.1 Å². The monoisotopic (exact) mass is 577 g/mol. The van der Waals surface area contributed by atoms with E-state index in [2.05, 4.69) is 78.5 Å². The van der Waals surface area contributed by atoms with Gasteiger partial charge in [-0.3, -0.25) is 14.3 Å². The van der Waals surface area contributed by atoms with Crippen LogP contribution in [0.3, 0.4) is 0 Å². The third-order valence-electron chi connectivity index (χ3n) is 8.00. The van der Waals surface area contributed by atoms with Crippen molar-refractivity contribution in [2.75, 3.05) is 6.54 Å². The molecule has 1 aliphatic heterocycles. The molecule has 1 heterocycles. The first kappa shape index (κ1) is 29.6. The highest BCUT2D eigenvalue weighted by Crippen LogP contribution is 2.32. The van der Waals surface area contributed by atoms with Gasteiger partial charge >= 0.3 is 0 Å². The first-order valence-corrected chi connectivity index (χ1v) is 15.7.